The highest BCUT2D eigenvalue weighted by atomic mass is 32.2. The molecule has 0 atom stereocenters. The topological polar surface area (TPSA) is 117 Å². The second-order valence-corrected chi connectivity index (χ2v) is 10.2. The third-order valence-electron chi connectivity index (χ3n) is 5.70. The molecule has 1 amide bonds. The molecule has 0 aliphatic carbocycles. The van der Waals surface area contributed by atoms with Crippen molar-refractivity contribution in [2.24, 2.45) is 0 Å². The normalized spacial score (nSPS) is 13.7. The van der Waals surface area contributed by atoms with Crippen molar-refractivity contribution < 1.29 is 17.9 Å². The van der Waals surface area contributed by atoms with Gasteiger partial charge in [0.25, 0.3) is 5.91 Å². The first kappa shape index (κ1) is 23.5. The Hall–Kier alpha value is -3.66. The van der Waals surface area contributed by atoms with Crippen LogP contribution in [0.25, 0.3) is 5.69 Å². The highest BCUT2D eigenvalue weighted by molar-refractivity contribution is 7.90. The third-order valence-corrected chi connectivity index (χ3v) is 6.82. The van der Waals surface area contributed by atoms with Crippen LogP contribution in [0.15, 0.2) is 53.4 Å². The zero-order chi connectivity index (χ0) is 24.5. The molecule has 9 nitrogen and oxygen atoms in total. The summed E-state index contributed by atoms with van der Waals surface area (Å²) in [6.07, 6.45) is 3.29. The molecule has 0 unspecified atom stereocenters. The Morgan fingerprint density at radius 1 is 1.09 bits per heavy atom. The van der Waals surface area contributed by atoms with E-state index in [1.165, 1.54) is 17.9 Å². The van der Waals surface area contributed by atoms with Crippen molar-refractivity contribution in [1.82, 2.24) is 14.7 Å². The van der Waals surface area contributed by atoms with Gasteiger partial charge in [0.05, 0.1) is 23.4 Å². The van der Waals surface area contributed by atoms with E-state index < -0.39 is 15.7 Å². The number of methoxy groups -OCH3 is 1. The molecule has 1 saturated heterocycles. The number of hydrogen-bond acceptors (Lipinski definition) is 6. The Morgan fingerprint density at radius 3 is 2.38 bits per heavy atom. The van der Waals surface area contributed by atoms with Crippen LogP contribution in [0.2, 0.25) is 0 Å². The van der Waals surface area contributed by atoms with E-state index in [-0.39, 0.29) is 16.3 Å². The molecule has 1 aromatic heterocycles. The lowest BCUT2D eigenvalue weighted by Gasteiger charge is -2.18. The first-order chi connectivity index (χ1) is 16.2. The molecule has 2 heterocycles. The number of anilines is 1. The number of ether oxygens (including phenoxy) is 1. The fourth-order valence-corrected chi connectivity index (χ4v) is 4.83. The molecular formula is C24H27N5O4S. The average molecular weight is 482 g/mol. The zero-order valence-corrected chi connectivity index (χ0v) is 20.1. The van der Waals surface area contributed by atoms with Gasteiger partial charge in [-0.05, 0) is 62.2 Å². The minimum Gasteiger partial charge on any atom is -0.497 e. The summed E-state index contributed by atoms with van der Waals surface area (Å²) >= 11 is 0. The van der Waals surface area contributed by atoms with Crippen LogP contribution < -0.4 is 10.1 Å². The second kappa shape index (κ2) is 9.30. The molecule has 178 valence electrons. The molecule has 0 saturated carbocycles. The van der Waals surface area contributed by atoms with Crippen LogP contribution in [0.4, 0.5) is 5.69 Å². The number of nitrogens with one attached hydrogen (secondary N) is 2. The van der Waals surface area contributed by atoms with Gasteiger partial charge in [-0.3, -0.25) is 10.2 Å². The highest BCUT2D eigenvalue weighted by Crippen LogP contribution is 2.27. The number of nitrogens with zero attached hydrogens (tertiary/aromatic N) is 3. The second-order valence-electron chi connectivity index (χ2n) is 8.26. The number of benzene rings is 2. The largest absolute Gasteiger partial charge is 0.497 e. The van der Waals surface area contributed by atoms with Gasteiger partial charge in [-0.2, -0.15) is 5.10 Å². The lowest BCUT2D eigenvalue weighted by Crippen LogP contribution is -2.27. The maximum atomic E-state index is 13.1. The van der Waals surface area contributed by atoms with Crippen LogP contribution in [0.1, 0.15) is 34.6 Å². The number of likely N-dealkylation sites (tertiary alicyclic amines) is 1. The van der Waals surface area contributed by atoms with Crippen molar-refractivity contribution in [2.45, 2.75) is 24.7 Å². The smallest absolute Gasteiger partial charge is 0.274 e. The van der Waals surface area contributed by atoms with Gasteiger partial charge in [0, 0.05) is 36.7 Å². The number of carbonyl (C=O) groups excluding carboxylic acids is 1. The van der Waals surface area contributed by atoms with E-state index in [4.69, 9.17) is 10.1 Å². The van der Waals surface area contributed by atoms with E-state index in [0.29, 0.717) is 23.0 Å². The van der Waals surface area contributed by atoms with Crippen molar-refractivity contribution in [2.75, 3.05) is 31.8 Å². The van der Waals surface area contributed by atoms with Crippen LogP contribution >= 0.6 is 0 Å². The minimum absolute atomic E-state index is 0.00813. The molecular weight excluding hydrogens is 454 g/mol. The quantitative estimate of drug-likeness (QED) is 0.412. The molecule has 4 rings (SSSR count). The van der Waals surface area contributed by atoms with Crippen LogP contribution in [0.3, 0.4) is 0 Å². The number of rotatable bonds is 6. The summed E-state index contributed by atoms with van der Waals surface area (Å²) < 4.78 is 31.4. The predicted octanol–water partition coefficient (Wildman–Crippen LogP) is 3.27. The molecule has 34 heavy (non-hydrogen) atoms. The van der Waals surface area contributed by atoms with E-state index in [1.807, 2.05) is 17.0 Å². The summed E-state index contributed by atoms with van der Waals surface area (Å²) in [5.74, 6) is 0.439. The summed E-state index contributed by atoms with van der Waals surface area (Å²) in [6.45, 7) is 3.51. The molecule has 10 heteroatoms. The summed E-state index contributed by atoms with van der Waals surface area (Å²) in [4.78, 5) is 15.2. The van der Waals surface area contributed by atoms with Crippen LogP contribution in [0, 0.1) is 12.3 Å². The number of amides is 1. The standard InChI is InChI=1S/C24H27N5O4S/c1-16-14-21(29(27-16)20-11-10-19(33-2)15-22(20)34(3,31)32)24(30)26-18-8-6-17(7-9-18)23(25)28-12-4-5-13-28/h6-11,14-15,25H,4-5,12-13H2,1-3H3,(H,26,30). The number of aromatic nitrogens is 2. The molecule has 0 bridgehead atoms. The van der Waals surface area contributed by atoms with Gasteiger partial charge in [0.1, 0.15) is 17.3 Å². The number of sulfone groups is 1. The number of amidine groups is 1. The van der Waals surface area contributed by atoms with Gasteiger partial charge in [0.2, 0.25) is 0 Å². The van der Waals surface area contributed by atoms with E-state index in [2.05, 4.69) is 10.4 Å². The monoisotopic (exact) mass is 481 g/mol. The van der Waals surface area contributed by atoms with E-state index >= 15 is 0 Å². The van der Waals surface area contributed by atoms with E-state index in [9.17, 15) is 13.2 Å². The maximum absolute atomic E-state index is 13.1. The third kappa shape index (κ3) is 4.81. The Balaban J connectivity index is 1.61. The fourth-order valence-electron chi connectivity index (χ4n) is 3.97. The Labute approximate surface area is 198 Å². The zero-order valence-electron chi connectivity index (χ0n) is 19.3. The summed E-state index contributed by atoms with van der Waals surface area (Å²) in [6, 6.07) is 13.3. The van der Waals surface area contributed by atoms with Gasteiger partial charge in [0.15, 0.2) is 9.84 Å². The van der Waals surface area contributed by atoms with E-state index in [1.54, 1.807) is 37.3 Å². The molecule has 3 aromatic rings. The summed E-state index contributed by atoms with van der Waals surface area (Å²) in [7, 11) is -2.17. The maximum Gasteiger partial charge on any atom is 0.274 e. The van der Waals surface area contributed by atoms with Gasteiger partial charge < -0.3 is 15.0 Å². The average Bonchev–Trinajstić information content (AvgIpc) is 3.48. The molecule has 1 aliphatic heterocycles. The number of carbonyl (C=O) groups is 1. The van der Waals surface area contributed by atoms with Crippen LogP contribution in [0.5, 0.6) is 5.75 Å². The SMILES string of the molecule is COc1ccc(-n2nc(C)cc2C(=O)Nc2ccc(C(=N)N3CCCC3)cc2)c(S(C)(=O)=O)c1. The molecule has 2 aromatic carbocycles. The Bertz CT molecular complexity index is 1340. The first-order valence-electron chi connectivity index (χ1n) is 10.9. The van der Waals surface area contributed by atoms with Gasteiger partial charge >= 0.3 is 0 Å². The van der Waals surface area contributed by atoms with Crippen LogP contribution in [-0.2, 0) is 9.84 Å². The highest BCUT2D eigenvalue weighted by Gasteiger charge is 2.22. The first-order valence-corrected chi connectivity index (χ1v) is 12.8. The Kier molecular flexibility index (Phi) is 6.43. The molecule has 1 fully saturated rings. The molecule has 1 aliphatic rings. The van der Waals surface area contributed by atoms with Gasteiger partial charge in [-0.1, -0.05) is 0 Å². The Morgan fingerprint density at radius 2 is 1.76 bits per heavy atom. The minimum atomic E-state index is -3.62. The van der Waals surface area contributed by atoms with Crippen LogP contribution in [-0.4, -0.2) is 61.3 Å². The number of hydrogen-bond donors (Lipinski definition) is 2. The van der Waals surface area contributed by atoms with Gasteiger partial charge in [-0.25, -0.2) is 13.1 Å². The molecule has 2 N–H and O–H groups in total. The molecule has 0 spiro atoms. The lowest BCUT2D eigenvalue weighted by molar-refractivity contribution is 0.101. The lowest BCUT2D eigenvalue weighted by atomic mass is 10.1. The fraction of sp³-hybridized carbons (Fsp3) is 0.292. The summed E-state index contributed by atoms with van der Waals surface area (Å²) in [5, 5.41) is 15.6. The summed E-state index contributed by atoms with van der Waals surface area (Å²) in [5.41, 5.74) is 2.37. The van der Waals surface area contributed by atoms with Crippen molar-refractivity contribution in [3.05, 3.63) is 65.5 Å². The van der Waals surface area contributed by atoms with Crippen molar-refractivity contribution in [3.63, 3.8) is 0 Å². The molecule has 0 radical (unpaired) electrons. The van der Waals surface area contributed by atoms with Gasteiger partial charge in [-0.15, -0.1) is 0 Å². The van der Waals surface area contributed by atoms with Crippen molar-refractivity contribution >= 4 is 27.3 Å². The van der Waals surface area contributed by atoms with E-state index in [0.717, 1.165) is 37.8 Å². The predicted molar refractivity (Wildman–Crippen MR) is 130 cm³/mol. The number of aryl methyl sites for hydroxylation is 1. The van der Waals surface area contributed by atoms with Crippen molar-refractivity contribution in [3.8, 4) is 11.4 Å². The van der Waals surface area contributed by atoms with Crippen molar-refractivity contribution in [1.29, 1.82) is 5.41 Å².